The fourth-order valence-corrected chi connectivity index (χ4v) is 6.95. The van der Waals surface area contributed by atoms with E-state index in [2.05, 4.69) is 11.8 Å². The van der Waals surface area contributed by atoms with E-state index >= 15 is 0 Å². The van der Waals surface area contributed by atoms with Crippen LogP contribution in [0.4, 0.5) is 8.78 Å². The smallest absolute Gasteiger partial charge is 0.243 e. The van der Waals surface area contributed by atoms with Crippen molar-refractivity contribution in [3.05, 3.63) is 29.8 Å². The average Bonchev–Trinajstić information content (AvgIpc) is 2.67. The second-order valence-electron chi connectivity index (χ2n) is 8.27. The van der Waals surface area contributed by atoms with Gasteiger partial charge in [-0.1, -0.05) is 13.3 Å². The van der Waals surface area contributed by atoms with Crippen molar-refractivity contribution in [1.82, 2.24) is 9.21 Å². The summed E-state index contributed by atoms with van der Waals surface area (Å²) in [5.74, 6) is -1.85. The molecule has 0 aliphatic carbocycles. The zero-order valence-electron chi connectivity index (χ0n) is 16.0. The zero-order chi connectivity index (χ0) is 20.1. The van der Waals surface area contributed by atoms with Crippen LogP contribution in [-0.2, 0) is 14.8 Å². The van der Waals surface area contributed by atoms with Crippen molar-refractivity contribution in [3.8, 4) is 0 Å². The molecule has 1 amide bonds. The van der Waals surface area contributed by atoms with Crippen LogP contribution in [0.5, 0.6) is 0 Å². The van der Waals surface area contributed by atoms with Crippen LogP contribution in [0.3, 0.4) is 0 Å². The molecule has 2 bridgehead atoms. The summed E-state index contributed by atoms with van der Waals surface area (Å²) in [5, 5.41) is 0. The van der Waals surface area contributed by atoms with E-state index in [4.69, 9.17) is 0 Å². The van der Waals surface area contributed by atoms with E-state index in [1.807, 2.05) is 0 Å². The SMILES string of the molecule is CCC[C@H]1[C@H]2C[C@H](CN(S(=O)(=O)c3ccc(F)c(F)c3)C2)[C@@H]2CCCC(=O)N21. The Hall–Kier alpha value is -1.54. The summed E-state index contributed by atoms with van der Waals surface area (Å²) < 4.78 is 54.6. The number of rotatable bonds is 4. The third-order valence-electron chi connectivity index (χ3n) is 6.58. The van der Waals surface area contributed by atoms with Crippen molar-refractivity contribution in [2.75, 3.05) is 13.1 Å². The minimum Gasteiger partial charge on any atom is -0.336 e. The molecule has 5 nitrogen and oxygen atoms in total. The first-order valence-electron chi connectivity index (χ1n) is 10.1. The minimum atomic E-state index is -3.91. The fraction of sp³-hybridized carbons (Fsp3) is 0.650. The third kappa shape index (κ3) is 3.24. The predicted octanol–water partition coefficient (Wildman–Crippen LogP) is 3.16. The van der Waals surface area contributed by atoms with Gasteiger partial charge >= 0.3 is 0 Å². The van der Waals surface area contributed by atoms with Gasteiger partial charge in [-0.05, 0) is 55.7 Å². The molecule has 0 unspecified atom stereocenters. The second kappa shape index (κ2) is 7.37. The highest BCUT2D eigenvalue weighted by molar-refractivity contribution is 7.89. The number of hydrogen-bond donors (Lipinski definition) is 0. The maximum absolute atomic E-state index is 13.6. The van der Waals surface area contributed by atoms with Crippen LogP contribution in [-0.4, -0.2) is 48.7 Å². The first-order chi connectivity index (χ1) is 13.3. The van der Waals surface area contributed by atoms with Gasteiger partial charge in [0.1, 0.15) is 0 Å². The molecule has 0 spiro atoms. The number of nitrogens with zero attached hydrogens (tertiary/aromatic N) is 2. The lowest BCUT2D eigenvalue weighted by atomic mass is 9.71. The molecule has 3 fully saturated rings. The van der Waals surface area contributed by atoms with Crippen molar-refractivity contribution in [2.45, 2.75) is 62.4 Å². The van der Waals surface area contributed by atoms with Gasteiger partial charge in [0, 0.05) is 31.6 Å². The van der Waals surface area contributed by atoms with E-state index in [0.29, 0.717) is 19.5 Å². The molecule has 0 aromatic heterocycles. The van der Waals surface area contributed by atoms with Gasteiger partial charge < -0.3 is 4.90 Å². The molecule has 154 valence electrons. The Morgan fingerprint density at radius 1 is 1.14 bits per heavy atom. The molecule has 1 aromatic rings. The standard InChI is InChI=1S/C20H26F2N2O3S/c1-2-4-18-13-9-14(19-5-3-6-20(25)24(18)19)12-23(11-13)28(26,27)15-7-8-16(21)17(22)10-15/h7-8,10,13-14,18-19H,2-6,9,11-12H2,1H3/t13-,14+,18-,19-/m0/s1. The second-order valence-corrected chi connectivity index (χ2v) is 10.2. The monoisotopic (exact) mass is 412 g/mol. The maximum Gasteiger partial charge on any atom is 0.243 e. The molecule has 3 saturated heterocycles. The molecule has 0 radical (unpaired) electrons. The predicted molar refractivity (Wildman–Crippen MR) is 99.9 cm³/mol. The maximum atomic E-state index is 13.6. The lowest BCUT2D eigenvalue weighted by molar-refractivity contribution is -0.151. The Morgan fingerprint density at radius 3 is 2.61 bits per heavy atom. The van der Waals surface area contributed by atoms with Gasteiger partial charge in [-0.2, -0.15) is 4.31 Å². The summed E-state index contributed by atoms with van der Waals surface area (Å²) in [6, 6.07) is 2.88. The molecular formula is C20H26F2N2O3S. The van der Waals surface area contributed by atoms with Crippen LogP contribution < -0.4 is 0 Å². The van der Waals surface area contributed by atoms with Crippen molar-refractivity contribution in [1.29, 1.82) is 0 Å². The molecule has 0 N–H and O–H groups in total. The van der Waals surface area contributed by atoms with Crippen LogP contribution in [0, 0.1) is 23.5 Å². The first kappa shape index (κ1) is 19.8. The van der Waals surface area contributed by atoms with Gasteiger partial charge in [0.2, 0.25) is 15.9 Å². The Bertz CT molecular complexity index is 876. The minimum absolute atomic E-state index is 0.0574. The molecule has 4 rings (SSSR count). The Morgan fingerprint density at radius 2 is 1.89 bits per heavy atom. The molecule has 8 heteroatoms. The van der Waals surface area contributed by atoms with Crippen molar-refractivity contribution >= 4 is 15.9 Å². The highest BCUT2D eigenvalue weighted by atomic mass is 32.2. The summed E-state index contributed by atoms with van der Waals surface area (Å²) in [7, 11) is -3.91. The molecule has 3 heterocycles. The summed E-state index contributed by atoms with van der Waals surface area (Å²) in [4.78, 5) is 14.5. The Labute approximate surface area is 164 Å². The van der Waals surface area contributed by atoms with Gasteiger partial charge in [0.05, 0.1) is 4.90 Å². The number of carbonyl (C=O) groups is 1. The molecule has 3 aliphatic heterocycles. The molecular weight excluding hydrogens is 386 g/mol. The first-order valence-corrected chi connectivity index (χ1v) is 11.5. The molecule has 3 aliphatic rings. The molecule has 0 saturated carbocycles. The topological polar surface area (TPSA) is 57.7 Å². The van der Waals surface area contributed by atoms with E-state index < -0.39 is 21.7 Å². The van der Waals surface area contributed by atoms with Gasteiger partial charge in [-0.3, -0.25) is 4.79 Å². The van der Waals surface area contributed by atoms with Crippen LogP contribution in [0.25, 0.3) is 0 Å². The van der Waals surface area contributed by atoms with Crippen molar-refractivity contribution in [2.24, 2.45) is 11.8 Å². The largest absolute Gasteiger partial charge is 0.336 e. The summed E-state index contributed by atoms with van der Waals surface area (Å²) >= 11 is 0. The summed E-state index contributed by atoms with van der Waals surface area (Å²) in [6.45, 7) is 2.72. The number of sulfonamides is 1. The summed E-state index contributed by atoms with van der Waals surface area (Å²) in [6.07, 6.45) is 5.03. The van der Waals surface area contributed by atoms with E-state index in [-0.39, 0.29) is 34.7 Å². The highest BCUT2D eigenvalue weighted by Crippen LogP contribution is 2.44. The van der Waals surface area contributed by atoms with E-state index in [0.717, 1.165) is 50.3 Å². The van der Waals surface area contributed by atoms with Crippen LogP contribution >= 0.6 is 0 Å². The van der Waals surface area contributed by atoms with Crippen LogP contribution in [0.2, 0.25) is 0 Å². The van der Waals surface area contributed by atoms with Crippen molar-refractivity contribution in [3.63, 3.8) is 0 Å². The number of amides is 1. The number of piperidine rings is 3. The number of fused-ring (bicyclic) bond motifs is 4. The quantitative estimate of drug-likeness (QED) is 0.763. The zero-order valence-corrected chi connectivity index (χ0v) is 16.8. The van der Waals surface area contributed by atoms with Gasteiger partial charge in [-0.15, -0.1) is 0 Å². The lowest BCUT2D eigenvalue weighted by Gasteiger charge is -2.56. The number of carbonyl (C=O) groups excluding carboxylic acids is 1. The molecule has 28 heavy (non-hydrogen) atoms. The molecule has 1 aromatic carbocycles. The Kier molecular flexibility index (Phi) is 5.20. The third-order valence-corrected chi connectivity index (χ3v) is 8.40. The molecule has 4 atom stereocenters. The average molecular weight is 413 g/mol. The van der Waals surface area contributed by atoms with E-state index in [9.17, 15) is 22.0 Å². The van der Waals surface area contributed by atoms with Gasteiger partial charge in [-0.25, -0.2) is 17.2 Å². The highest BCUT2D eigenvalue weighted by Gasteiger charge is 2.50. The van der Waals surface area contributed by atoms with Crippen LogP contribution in [0.15, 0.2) is 23.1 Å². The van der Waals surface area contributed by atoms with E-state index in [1.165, 1.54) is 4.31 Å². The number of hydrogen-bond acceptors (Lipinski definition) is 3. The Balaban J connectivity index is 1.65. The van der Waals surface area contributed by atoms with Crippen molar-refractivity contribution < 1.29 is 22.0 Å². The fourth-order valence-electron chi connectivity index (χ4n) is 5.38. The van der Waals surface area contributed by atoms with Gasteiger partial charge in [0.25, 0.3) is 0 Å². The van der Waals surface area contributed by atoms with Gasteiger partial charge in [0.15, 0.2) is 11.6 Å². The van der Waals surface area contributed by atoms with E-state index in [1.54, 1.807) is 0 Å². The number of halogens is 2. The lowest BCUT2D eigenvalue weighted by Crippen LogP contribution is -2.65. The summed E-state index contributed by atoms with van der Waals surface area (Å²) in [5.41, 5.74) is 0. The normalized spacial score (nSPS) is 31.0. The number of benzene rings is 1. The van der Waals surface area contributed by atoms with Crippen LogP contribution in [0.1, 0.15) is 45.4 Å².